The number of piperidine rings is 2. The van der Waals surface area contributed by atoms with Gasteiger partial charge in [-0.1, -0.05) is 11.6 Å². The van der Waals surface area contributed by atoms with E-state index in [4.69, 9.17) is 14.2 Å². The maximum atomic E-state index is 11.3. The molecule has 7 heteroatoms. The predicted molar refractivity (Wildman–Crippen MR) is 109 cm³/mol. The van der Waals surface area contributed by atoms with E-state index in [1.54, 1.807) is 14.2 Å². The second-order valence-electron chi connectivity index (χ2n) is 9.86. The number of fused-ring (bicyclic) bond motifs is 2. The van der Waals surface area contributed by atoms with E-state index >= 15 is 0 Å². The Bertz CT molecular complexity index is 977. The molecule has 1 saturated carbocycles. The lowest BCUT2D eigenvalue weighted by molar-refractivity contribution is -0.227. The van der Waals surface area contributed by atoms with Gasteiger partial charge in [0.05, 0.1) is 33.0 Å². The van der Waals surface area contributed by atoms with Crippen LogP contribution < -0.4 is 14.4 Å². The number of aliphatic hydroxyl groups is 2. The number of hydrogen-bond donors (Lipinski definition) is 2. The number of anilines is 1. The molecular formula is C23H28N2O5. The van der Waals surface area contributed by atoms with Gasteiger partial charge in [0.2, 0.25) is 5.91 Å². The molecule has 1 aromatic rings. The van der Waals surface area contributed by atoms with Gasteiger partial charge in [0, 0.05) is 42.1 Å². The summed E-state index contributed by atoms with van der Waals surface area (Å²) >= 11 is 0. The van der Waals surface area contributed by atoms with Crippen LogP contribution >= 0.6 is 0 Å². The van der Waals surface area contributed by atoms with Crippen LogP contribution in [0.1, 0.15) is 24.8 Å². The molecule has 3 saturated heterocycles. The zero-order chi connectivity index (χ0) is 20.4. The van der Waals surface area contributed by atoms with Crippen molar-refractivity contribution >= 4 is 5.69 Å². The fourth-order valence-electron chi connectivity index (χ4n) is 8.10. The van der Waals surface area contributed by atoms with Crippen molar-refractivity contribution in [3.05, 3.63) is 29.3 Å². The quantitative estimate of drug-likeness (QED) is 0.559. The molecule has 6 atom stereocenters. The summed E-state index contributed by atoms with van der Waals surface area (Å²) in [6, 6.07) is 4.44. The van der Waals surface area contributed by atoms with E-state index in [0.717, 1.165) is 31.6 Å². The number of nitrogens with zero attached hydrogens (tertiary/aromatic N) is 2. The first kappa shape index (κ1) is 17.8. The highest BCUT2D eigenvalue weighted by atomic mass is 16.5. The van der Waals surface area contributed by atoms with Crippen molar-refractivity contribution in [1.82, 2.24) is 4.90 Å². The average molecular weight is 412 g/mol. The molecular weight excluding hydrogens is 384 g/mol. The number of ether oxygens (including phenoxy) is 3. The van der Waals surface area contributed by atoms with E-state index in [2.05, 4.69) is 17.0 Å². The van der Waals surface area contributed by atoms with Crippen LogP contribution in [0.15, 0.2) is 23.8 Å². The molecule has 4 fully saturated rings. The molecule has 1 aromatic carbocycles. The highest BCUT2D eigenvalue weighted by molar-refractivity contribution is 5.73. The van der Waals surface area contributed by atoms with Gasteiger partial charge in [0.1, 0.15) is 0 Å². The van der Waals surface area contributed by atoms with Crippen LogP contribution in [0.3, 0.4) is 0 Å². The average Bonchev–Trinajstić information content (AvgIpc) is 3.20. The molecule has 30 heavy (non-hydrogen) atoms. The zero-order valence-corrected chi connectivity index (χ0v) is 17.4. The van der Waals surface area contributed by atoms with Crippen molar-refractivity contribution in [3.63, 3.8) is 0 Å². The Labute approximate surface area is 175 Å². The molecule has 7 nitrogen and oxygen atoms in total. The van der Waals surface area contributed by atoms with E-state index in [9.17, 15) is 10.2 Å². The molecule has 160 valence electrons. The normalized spacial score (nSPS) is 41.8. The first-order valence-corrected chi connectivity index (χ1v) is 11.0. The van der Waals surface area contributed by atoms with Crippen LogP contribution in [0.4, 0.5) is 5.69 Å². The first-order chi connectivity index (χ1) is 14.5. The predicted octanol–water partition coefficient (Wildman–Crippen LogP) is 1.22. The minimum absolute atomic E-state index is 0.00591. The van der Waals surface area contributed by atoms with E-state index < -0.39 is 5.91 Å². The van der Waals surface area contributed by atoms with Gasteiger partial charge in [-0.25, -0.2) is 0 Å². The molecule has 6 aliphatic rings. The lowest BCUT2D eigenvalue weighted by atomic mass is 9.53. The third-order valence-electron chi connectivity index (χ3n) is 9.03. The fourth-order valence-corrected chi connectivity index (χ4v) is 8.10. The monoisotopic (exact) mass is 412 g/mol. The van der Waals surface area contributed by atoms with Gasteiger partial charge in [-0.3, -0.25) is 4.90 Å². The molecule has 1 aliphatic carbocycles. The van der Waals surface area contributed by atoms with Crippen LogP contribution in [-0.4, -0.2) is 73.1 Å². The van der Waals surface area contributed by atoms with Crippen LogP contribution in [-0.2, 0) is 10.2 Å². The Kier molecular flexibility index (Phi) is 3.28. The van der Waals surface area contributed by atoms with Crippen LogP contribution in [0.2, 0.25) is 0 Å². The Morgan fingerprint density at radius 2 is 1.97 bits per heavy atom. The summed E-state index contributed by atoms with van der Waals surface area (Å²) < 4.78 is 17.5. The molecule has 2 N–H and O–H groups in total. The van der Waals surface area contributed by atoms with Crippen LogP contribution in [0.5, 0.6) is 11.5 Å². The Hall–Kier alpha value is -1.80. The summed E-state index contributed by atoms with van der Waals surface area (Å²) in [4.78, 5) is 4.53. The lowest BCUT2D eigenvalue weighted by Gasteiger charge is -2.61. The van der Waals surface area contributed by atoms with Crippen molar-refractivity contribution in [2.75, 3.05) is 38.8 Å². The molecule has 0 radical (unpaired) electrons. The summed E-state index contributed by atoms with van der Waals surface area (Å²) in [6.07, 6.45) is 4.45. The summed E-state index contributed by atoms with van der Waals surface area (Å²) in [5.74, 6) is 0.0869. The van der Waals surface area contributed by atoms with Gasteiger partial charge >= 0.3 is 0 Å². The van der Waals surface area contributed by atoms with E-state index in [0.29, 0.717) is 30.1 Å². The minimum atomic E-state index is -1.95. The molecule has 0 amide bonds. The van der Waals surface area contributed by atoms with E-state index in [1.165, 1.54) is 11.1 Å². The number of methoxy groups -OCH3 is 2. The first-order valence-electron chi connectivity index (χ1n) is 11.0. The summed E-state index contributed by atoms with van der Waals surface area (Å²) in [5, 5.41) is 22.7. The van der Waals surface area contributed by atoms with Crippen molar-refractivity contribution < 1.29 is 24.4 Å². The number of rotatable bonds is 2. The van der Waals surface area contributed by atoms with Crippen LogP contribution in [0, 0.1) is 11.8 Å². The molecule has 5 aliphatic heterocycles. The van der Waals surface area contributed by atoms with Crippen molar-refractivity contribution in [2.45, 2.75) is 48.8 Å². The Morgan fingerprint density at radius 3 is 2.77 bits per heavy atom. The SMILES string of the molecule is COc1cc2c(cc1OC)[C@@]13CCN4CC5=CCO[C@H]6CC(O)(O)N2[C@H]1[C@H]6[C@H]5C[C@H]43. The molecule has 0 aromatic heterocycles. The Balaban J connectivity index is 1.53. The largest absolute Gasteiger partial charge is 0.493 e. The number of benzene rings is 1. The molecule has 7 rings (SSSR count). The van der Waals surface area contributed by atoms with Crippen molar-refractivity contribution in [3.8, 4) is 11.5 Å². The molecule has 0 unspecified atom stereocenters. The molecule has 5 heterocycles. The van der Waals surface area contributed by atoms with Crippen molar-refractivity contribution in [2.24, 2.45) is 11.8 Å². The van der Waals surface area contributed by atoms with Crippen LogP contribution in [0.25, 0.3) is 0 Å². The third kappa shape index (κ3) is 1.84. The van der Waals surface area contributed by atoms with Crippen molar-refractivity contribution in [1.29, 1.82) is 0 Å². The topological polar surface area (TPSA) is 74.6 Å². The van der Waals surface area contributed by atoms with Gasteiger partial charge in [0.25, 0.3) is 0 Å². The summed E-state index contributed by atoms with van der Waals surface area (Å²) in [7, 11) is 3.29. The molecule has 2 bridgehead atoms. The second kappa shape index (κ2) is 5.51. The smallest absolute Gasteiger partial charge is 0.249 e. The molecule has 1 spiro atoms. The number of hydrogen-bond acceptors (Lipinski definition) is 7. The fraction of sp³-hybridized carbons (Fsp3) is 0.652. The zero-order valence-electron chi connectivity index (χ0n) is 17.4. The maximum Gasteiger partial charge on any atom is 0.249 e. The standard InChI is InChI=1S/C23H28N2O5/c1-28-16-8-14-15(9-17(16)29-2)25-21-20-13-7-19-22(14,21)4-5-24(19)11-12(13)3-6-30-18(20)10-23(25,26)27/h3,8-9,13,18-21,26-27H,4-7,10-11H2,1-2H3/t13-,18-,19-,20-,21-,22+/m0/s1. The summed E-state index contributed by atoms with van der Waals surface area (Å²) in [5.41, 5.74) is 3.40. The summed E-state index contributed by atoms with van der Waals surface area (Å²) in [6.45, 7) is 2.62. The van der Waals surface area contributed by atoms with E-state index in [1.807, 2.05) is 11.0 Å². The Morgan fingerprint density at radius 1 is 1.17 bits per heavy atom. The van der Waals surface area contributed by atoms with Gasteiger partial charge in [-0.15, -0.1) is 0 Å². The van der Waals surface area contributed by atoms with Gasteiger partial charge < -0.3 is 29.3 Å². The van der Waals surface area contributed by atoms with Gasteiger partial charge in [-0.05, 0) is 36.9 Å². The van der Waals surface area contributed by atoms with Gasteiger partial charge in [-0.2, -0.15) is 0 Å². The lowest BCUT2D eigenvalue weighted by Crippen LogP contribution is -2.73. The van der Waals surface area contributed by atoms with E-state index in [-0.39, 0.29) is 29.9 Å². The highest BCUT2D eigenvalue weighted by Gasteiger charge is 2.73. The van der Waals surface area contributed by atoms with Gasteiger partial charge in [0.15, 0.2) is 11.5 Å². The highest BCUT2D eigenvalue weighted by Crippen LogP contribution is 2.67. The second-order valence-corrected chi connectivity index (χ2v) is 9.86. The maximum absolute atomic E-state index is 11.3. The third-order valence-corrected chi connectivity index (χ3v) is 9.03. The minimum Gasteiger partial charge on any atom is -0.493 e.